The summed E-state index contributed by atoms with van der Waals surface area (Å²) in [4.78, 5) is 45.8. The minimum atomic E-state index is -1.15. The molecule has 214 valence electrons. The van der Waals surface area contributed by atoms with Gasteiger partial charge in [0.15, 0.2) is 16.6 Å². The summed E-state index contributed by atoms with van der Waals surface area (Å²) in [6.45, 7) is 8.80. The summed E-state index contributed by atoms with van der Waals surface area (Å²) in [5.41, 5.74) is 2.52. The Morgan fingerprint density at radius 2 is 1.73 bits per heavy atom. The standard InChI is InChI=1S/C30H30N2O8S/c1-8-11-40-29(36)27-17(4)31-30(41-27)32-23(18-13-20(37-5)26(39-7)21(14-18)38-6)22(25(34)28(32)35)24(33)19-12-15(2)9-10-16(19)3/h8-10,12-14,23,33H,1,11H2,2-7H3/b24-22+. The Hall–Kier alpha value is -4.64. The van der Waals surface area contributed by atoms with Crippen molar-refractivity contribution in [2.45, 2.75) is 26.8 Å². The van der Waals surface area contributed by atoms with E-state index in [0.29, 0.717) is 28.1 Å². The van der Waals surface area contributed by atoms with Crippen molar-refractivity contribution in [3.05, 3.63) is 81.4 Å². The largest absolute Gasteiger partial charge is 0.507 e. The molecule has 0 saturated carbocycles. The molecule has 0 spiro atoms. The number of hydrogen-bond acceptors (Lipinski definition) is 10. The first-order valence-electron chi connectivity index (χ1n) is 12.5. The SMILES string of the molecule is C=CCOC(=O)c1sc(N2C(=O)C(=O)/C(=C(/O)c3cc(C)ccc3C)C2c2cc(OC)c(OC)c(OC)c2)nc1C. The number of amides is 1. The van der Waals surface area contributed by atoms with Crippen molar-refractivity contribution in [2.75, 3.05) is 32.8 Å². The Kier molecular flexibility index (Phi) is 8.48. The number of benzene rings is 2. The Bertz CT molecular complexity index is 1560. The topological polar surface area (TPSA) is 124 Å². The lowest BCUT2D eigenvalue weighted by atomic mass is 9.93. The monoisotopic (exact) mass is 578 g/mol. The summed E-state index contributed by atoms with van der Waals surface area (Å²) in [6, 6.07) is 7.49. The maximum atomic E-state index is 13.7. The minimum Gasteiger partial charge on any atom is -0.507 e. The first-order chi connectivity index (χ1) is 19.6. The molecule has 1 unspecified atom stereocenters. The van der Waals surface area contributed by atoms with Crippen LogP contribution in [0.15, 0.2) is 48.6 Å². The second-order valence-corrected chi connectivity index (χ2v) is 10.2. The summed E-state index contributed by atoms with van der Waals surface area (Å²) in [6.07, 6.45) is 1.44. The van der Waals surface area contributed by atoms with E-state index >= 15 is 0 Å². The molecule has 3 aromatic rings. The molecule has 1 aromatic heterocycles. The third kappa shape index (κ3) is 5.28. The molecule has 1 aliphatic rings. The zero-order valence-electron chi connectivity index (χ0n) is 23.6. The maximum Gasteiger partial charge on any atom is 0.350 e. The van der Waals surface area contributed by atoms with Crippen LogP contribution in [-0.2, 0) is 14.3 Å². The van der Waals surface area contributed by atoms with Crippen LogP contribution in [0.1, 0.15) is 43.7 Å². The van der Waals surface area contributed by atoms with E-state index in [-0.39, 0.29) is 39.4 Å². The average molecular weight is 579 g/mol. The van der Waals surface area contributed by atoms with Crippen LogP contribution in [0.4, 0.5) is 5.13 Å². The van der Waals surface area contributed by atoms with Crippen molar-refractivity contribution in [3.8, 4) is 17.2 Å². The summed E-state index contributed by atoms with van der Waals surface area (Å²) in [5, 5.41) is 11.7. The highest BCUT2D eigenvalue weighted by atomic mass is 32.1. The molecule has 0 radical (unpaired) electrons. The second kappa shape index (κ2) is 11.8. The van der Waals surface area contributed by atoms with Crippen molar-refractivity contribution in [3.63, 3.8) is 0 Å². The third-order valence-electron chi connectivity index (χ3n) is 6.60. The Labute approximate surface area is 241 Å². The molecule has 0 bridgehead atoms. The van der Waals surface area contributed by atoms with Crippen LogP contribution in [0.25, 0.3) is 5.76 Å². The van der Waals surface area contributed by atoms with Gasteiger partial charge in [0.1, 0.15) is 17.2 Å². The Morgan fingerprint density at radius 3 is 2.32 bits per heavy atom. The summed E-state index contributed by atoms with van der Waals surface area (Å²) in [5.74, 6) is -1.94. The average Bonchev–Trinajstić information content (AvgIpc) is 3.47. The van der Waals surface area contributed by atoms with E-state index in [4.69, 9.17) is 18.9 Å². The summed E-state index contributed by atoms with van der Waals surface area (Å²) >= 11 is 0.904. The lowest BCUT2D eigenvalue weighted by molar-refractivity contribution is -0.132. The fourth-order valence-electron chi connectivity index (χ4n) is 4.62. The smallest absolute Gasteiger partial charge is 0.350 e. The van der Waals surface area contributed by atoms with Crippen molar-refractivity contribution < 1.29 is 38.4 Å². The highest BCUT2D eigenvalue weighted by Crippen LogP contribution is 2.48. The van der Waals surface area contributed by atoms with Gasteiger partial charge >= 0.3 is 11.9 Å². The number of ketones is 1. The van der Waals surface area contributed by atoms with Gasteiger partial charge in [0.25, 0.3) is 5.78 Å². The number of aromatic nitrogens is 1. The van der Waals surface area contributed by atoms with Gasteiger partial charge in [-0.25, -0.2) is 9.78 Å². The normalized spacial score (nSPS) is 16.0. The molecule has 41 heavy (non-hydrogen) atoms. The van der Waals surface area contributed by atoms with Crippen molar-refractivity contribution in [1.82, 2.24) is 4.98 Å². The predicted molar refractivity (Wildman–Crippen MR) is 154 cm³/mol. The second-order valence-electron chi connectivity index (χ2n) is 9.24. The molecule has 0 aliphatic carbocycles. The fraction of sp³-hybridized carbons (Fsp3) is 0.267. The number of Topliss-reactive ketones (excluding diaryl/α,β-unsaturated/α-hetero) is 1. The molecular weight excluding hydrogens is 548 g/mol. The zero-order valence-corrected chi connectivity index (χ0v) is 24.4. The van der Waals surface area contributed by atoms with Gasteiger partial charge in [-0.15, -0.1) is 0 Å². The maximum absolute atomic E-state index is 13.7. The van der Waals surface area contributed by atoms with Crippen molar-refractivity contribution >= 4 is 39.9 Å². The van der Waals surface area contributed by atoms with Gasteiger partial charge in [0.2, 0.25) is 5.75 Å². The van der Waals surface area contributed by atoms with Crippen LogP contribution in [0.2, 0.25) is 0 Å². The van der Waals surface area contributed by atoms with E-state index in [2.05, 4.69) is 11.6 Å². The molecule has 4 rings (SSSR count). The number of aliphatic hydroxyl groups excluding tert-OH is 1. The van der Waals surface area contributed by atoms with E-state index in [1.165, 1.54) is 32.3 Å². The first kappa shape index (κ1) is 29.3. The van der Waals surface area contributed by atoms with Gasteiger partial charge in [-0.05, 0) is 50.1 Å². The number of hydrogen-bond donors (Lipinski definition) is 1. The Morgan fingerprint density at radius 1 is 1.07 bits per heavy atom. The minimum absolute atomic E-state index is 0.00268. The molecule has 1 aliphatic heterocycles. The number of aryl methyl sites for hydroxylation is 3. The van der Waals surface area contributed by atoms with Gasteiger partial charge in [-0.2, -0.15) is 0 Å². The summed E-state index contributed by atoms with van der Waals surface area (Å²) < 4.78 is 21.7. The van der Waals surface area contributed by atoms with Crippen LogP contribution in [0.3, 0.4) is 0 Å². The number of aliphatic hydroxyl groups is 1. The number of carbonyl (C=O) groups is 3. The predicted octanol–water partition coefficient (Wildman–Crippen LogP) is 5.06. The molecule has 1 atom stereocenters. The van der Waals surface area contributed by atoms with Gasteiger partial charge < -0.3 is 24.1 Å². The highest BCUT2D eigenvalue weighted by molar-refractivity contribution is 7.17. The molecule has 2 aromatic carbocycles. The van der Waals surface area contributed by atoms with Crippen LogP contribution >= 0.6 is 11.3 Å². The van der Waals surface area contributed by atoms with E-state index < -0.39 is 23.7 Å². The van der Waals surface area contributed by atoms with Crippen LogP contribution < -0.4 is 19.1 Å². The van der Waals surface area contributed by atoms with Gasteiger partial charge in [0, 0.05) is 5.56 Å². The first-order valence-corrected chi connectivity index (χ1v) is 13.3. The highest BCUT2D eigenvalue weighted by Gasteiger charge is 2.49. The van der Waals surface area contributed by atoms with E-state index in [1.54, 1.807) is 32.0 Å². The number of nitrogens with zero attached hydrogens (tertiary/aromatic N) is 2. The van der Waals surface area contributed by atoms with E-state index in [1.807, 2.05) is 19.1 Å². The number of thiazole rings is 1. The van der Waals surface area contributed by atoms with Gasteiger partial charge in [0.05, 0.1) is 38.6 Å². The van der Waals surface area contributed by atoms with Crippen LogP contribution in [0, 0.1) is 20.8 Å². The van der Waals surface area contributed by atoms with E-state index in [9.17, 15) is 19.5 Å². The molecule has 1 fully saturated rings. The molecule has 1 amide bonds. The number of ether oxygens (including phenoxy) is 4. The molecular formula is C30H30N2O8S. The molecule has 10 nitrogen and oxygen atoms in total. The van der Waals surface area contributed by atoms with Crippen molar-refractivity contribution in [1.29, 1.82) is 0 Å². The number of esters is 1. The number of rotatable bonds is 9. The fourth-order valence-corrected chi connectivity index (χ4v) is 5.60. The molecule has 1 N–H and O–H groups in total. The number of methoxy groups -OCH3 is 3. The van der Waals surface area contributed by atoms with Gasteiger partial charge in [-0.1, -0.05) is 41.7 Å². The lowest BCUT2D eigenvalue weighted by Crippen LogP contribution is -2.29. The van der Waals surface area contributed by atoms with Crippen molar-refractivity contribution in [2.24, 2.45) is 0 Å². The molecule has 11 heteroatoms. The summed E-state index contributed by atoms with van der Waals surface area (Å²) in [7, 11) is 4.34. The van der Waals surface area contributed by atoms with Gasteiger partial charge in [-0.3, -0.25) is 14.5 Å². The Balaban J connectivity index is 2.01. The molecule has 2 heterocycles. The number of carbonyl (C=O) groups excluding carboxylic acids is 3. The molecule has 1 saturated heterocycles. The van der Waals surface area contributed by atoms with Crippen LogP contribution in [0.5, 0.6) is 17.2 Å². The quantitative estimate of drug-likeness (QED) is 0.122. The van der Waals surface area contributed by atoms with E-state index in [0.717, 1.165) is 16.9 Å². The third-order valence-corrected chi connectivity index (χ3v) is 7.74. The number of anilines is 1. The zero-order chi connectivity index (χ0) is 30.0. The lowest BCUT2D eigenvalue weighted by Gasteiger charge is -2.25. The van der Waals surface area contributed by atoms with Crippen LogP contribution in [-0.4, -0.2) is 55.7 Å².